The third-order valence-electron chi connectivity index (χ3n) is 7.71. The fourth-order valence-corrected chi connectivity index (χ4v) is 6.76. The molecule has 0 heterocycles. The van der Waals surface area contributed by atoms with Gasteiger partial charge in [0.2, 0.25) is 11.8 Å². The van der Waals surface area contributed by atoms with Crippen molar-refractivity contribution in [2.45, 2.75) is 96.6 Å². The van der Waals surface area contributed by atoms with Crippen LogP contribution in [0.2, 0.25) is 0 Å². The summed E-state index contributed by atoms with van der Waals surface area (Å²) < 4.78 is 0. The van der Waals surface area contributed by atoms with Gasteiger partial charge in [-0.25, -0.2) is 0 Å². The lowest BCUT2D eigenvalue weighted by atomic mass is 9.49. The van der Waals surface area contributed by atoms with E-state index < -0.39 is 6.04 Å². The van der Waals surface area contributed by atoms with E-state index in [1.807, 2.05) is 13.8 Å². The number of carbonyl (C=O) groups excluding carboxylic acids is 2. The molecule has 2 amide bonds. The van der Waals surface area contributed by atoms with E-state index in [1.165, 1.54) is 38.5 Å². The molecule has 4 nitrogen and oxygen atoms in total. The van der Waals surface area contributed by atoms with Crippen LogP contribution in [0.25, 0.3) is 0 Å². The minimum atomic E-state index is -0.391. The fraction of sp³-hybridized carbons (Fsp3) is 0.909. The molecule has 1 unspecified atom stereocenters. The number of rotatable bonds is 5. The molecule has 0 aromatic rings. The summed E-state index contributed by atoms with van der Waals surface area (Å²) in [6, 6.07) is -0.0913. The minimum Gasteiger partial charge on any atom is -0.352 e. The van der Waals surface area contributed by atoms with E-state index in [2.05, 4.69) is 10.6 Å². The lowest BCUT2D eigenvalue weighted by Gasteiger charge is -2.55. The van der Waals surface area contributed by atoms with Gasteiger partial charge in [-0.2, -0.15) is 0 Å². The highest BCUT2D eigenvalue weighted by Gasteiger charge is 2.55. The standard InChI is InChI=1S/C22H36N2O2/c1-14(2)19(20(25)23-18-6-4-3-5-7-18)24-21(26)22-11-15-8-16(12-22)10-17(9-15)13-22/h14-19H,3-13H2,1-2H3,(H,23,25)(H,24,26). The summed E-state index contributed by atoms with van der Waals surface area (Å²) in [7, 11) is 0. The van der Waals surface area contributed by atoms with E-state index in [-0.39, 0.29) is 23.1 Å². The Morgan fingerprint density at radius 1 is 0.885 bits per heavy atom. The maximum Gasteiger partial charge on any atom is 0.243 e. The molecule has 2 N–H and O–H groups in total. The highest BCUT2D eigenvalue weighted by Crippen LogP contribution is 2.60. The topological polar surface area (TPSA) is 58.2 Å². The van der Waals surface area contributed by atoms with Crippen LogP contribution < -0.4 is 10.6 Å². The van der Waals surface area contributed by atoms with E-state index in [1.54, 1.807) is 0 Å². The van der Waals surface area contributed by atoms with Crippen molar-refractivity contribution >= 4 is 11.8 Å². The van der Waals surface area contributed by atoms with Gasteiger partial charge >= 0.3 is 0 Å². The lowest BCUT2D eigenvalue weighted by molar-refractivity contribution is -0.149. The molecule has 5 fully saturated rings. The molecule has 5 aliphatic carbocycles. The molecule has 5 aliphatic rings. The Bertz CT molecular complexity index is 515. The Morgan fingerprint density at radius 2 is 1.42 bits per heavy atom. The van der Waals surface area contributed by atoms with Crippen LogP contribution in [0.4, 0.5) is 0 Å². The highest BCUT2D eigenvalue weighted by atomic mass is 16.2. The molecule has 5 rings (SSSR count). The maximum absolute atomic E-state index is 13.3. The summed E-state index contributed by atoms with van der Waals surface area (Å²) in [4.78, 5) is 26.2. The van der Waals surface area contributed by atoms with Crippen molar-refractivity contribution in [2.24, 2.45) is 29.1 Å². The van der Waals surface area contributed by atoms with Crippen LogP contribution in [0.1, 0.15) is 84.5 Å². The first-order valence-corrected chi connectivity index (χ1v) is 11.1. The molecule has 0 aromatic carbocycles. The molecule has 4 bridgehead atoms. The molecule has 5 saturated carbocycles. The first-order valence-electron chi connectivity index (χ1n) is 11.1. The third kappa shape index (κ3) is 3.53. The molecular formula is C22H36N2O2. The Labute approximate surface area is 158 Å². The van der Waals surface area contributed by atoms with E-state index in [4.69, 9.17) is 0 Å². The normalized spacial score (nSPS) is 37.6. The Hall–Kier alpha value is -1.06. The van der Waals surface area contributed by atoms with Crippen LogP contribution in [0.15, 0.2) is 0 Å². The van der Waals surface area contributed by atoms with Gasteiger partial charge < -0.3 is 10.6 Å². The zero-order valence-corrected chi connectivity index (χ0v) is 16.6. The summed E-state index contributed by atoms with van der Waals surface area (Å²) in [5, 5.41) is 6.44. The van der Waals surface area contributed by atoms with Gasteiger partial charge in [-0.1, -0.05) is 33.1 Å². The van der Waals surface area contributed by atoms with E-state index in [9.17, 15) is 9.59 Å². The summed E-state index contributed by atoms with van der Waals surface area (Å²) >= 11 is 0. The molecule has 0 aromatic heterocycles. The molecule has 0 radical (unpaired) electrons. The molecule has 1 atom stereocenters. The predicted molar refractivity (Wildman–Crippen MR) is 102 cm³/mol. The first-order chi connectivity index (χ1) is 12.4. The van der Waals surface area contributed by atoms with Gasteiger partial charge in [-0.05, 0) is 75.0 Å². The minimum absolute atomic E-state index is 0.0324. The van der Waals surface area contributed by atoms with Gasteiger partial charge in [-0.15, -0.1) is 0 Å². The van der Waals surface area contributed by atoms with Gasteiger partial charge in [-0.3, -0.25) is 9.59 Å². The van der Waals surface area contributed by atoms with Gasteiger partial charge in [0.05, 0.1) is 0 Å². The van der Waals surface area contributed by atoms with E-state index >= 15 is 0 Å². The summed E-state index contributed by atoms with van der Waals surface area (Å²) in [5.74, 6) is 2.58. The largest absolute Gasteiger partial charge is 0.352 e. The smallest absolute Gasteiger partial charge is 0.243 e. The van der Waals surface area contributed by atoms with Gasteiger partial charge in [0.25, 0.3) is 0 Å². The van der Waals surface area contributed by atoms with Gasteiger partial charge in [0, 0.05) is 11.5 Å². The van der Waals surface area contributed by atoms with Crippen molar-refractivity contribution in [3.63, 3.8) is 0 Å². The average molecular weight is 361 g/mol. The Morgan fingerprint density at radius 3 is 1.92 bits per heavy atom. The van der Waals surface area contributed by atoms with Crippen molar-refractivity contribution in [3.05, 3.63) is 0 Å². The number of hydrogen-bond donors (Lipinski definition) is 2. The first kappa shape index (κ1) is 18.3. The molecule has 0 aliphatic heterocycles. The maximum atomic E-state index is 13.3. The van der Waals surface area contributed by atoms with Crippen molar-refractivity contribution in [1.29, 1.82) is 0 Å². The Balaban J connectivity index is 1.41. The van der Waals surface area contributed by atoms with Crippen LogP contribution in [0.5, 0.6) is 0 Å². The monoisotopic (exact) mass is 360 g/mol. The van der Waals surface area contributed by atoms with Gasteiger partial charge in [0.1, 0.15) is 6.04 Å². The third-order valence-corrected chi connectivity index (χ3v) is 7.71. The van der Waals surface area contributed by atoms with E-state index in [0.29, 0.717) is 6.04 Å². The van der Waals surface area contributed by atoms with Crippen LogP contribution >= 0.6 is 0 Å². The highest BCUT2D eigenvalue weighted by molar-refractivity contribution is 5.90. The van der Waals surface area contributed by atoms with Crippen molar-refractivity contribution in [2.75, 3.05) is 0 Å². The number of nitrogens with one attached hydrogen (secondary N) is 2. The molecule has 26 heavy (non-hydrogen) atoms. The molecule has 146 valence electrons. The van der Waals surface area contributed by atoms with Crippen molar-refractivity contribution in [3.8, 4) is 0 Å². The molecule has 0 spiro atoms. The van der Waals surface area contributed by atoms with Gasteiger partial charge in [0.15, 0.2) is 0 Å². The van der Waals surface area contributed by atoms with Crippen molar-refractivity contribution < 1.29 is 9.59 Å². The number of carbonyl (C=O) groups is 2. The Kier molecular flexibility index (Phi) is 5.04. The molecule has 0 saturated heterocycles. The summed E-state index contributed by atoms with van der Waals surface area (Å²) in [6.45, 7) is 4.09. The van der Waals surface area contributed by atoms with Crippen LogP contribution in [0, 0.1) is 29.1 Å². The number of amides is 2. The van der Waals surface area contributed by atoms with Crippen LogP contribution in [-0.4, -0.2) is 23.9 Å². The molecule has 4 heteroatoms. The second kappa shape index (κ2) is 7.16. The lowest BCUT2D eigenvalue weighted by Crippen LogP contribution is -2.59. The second-order valence-electron chi connectivity index (χ2n) is 10.2. The van der Waals surface area contributed by atoms with E-state index in [0.717, 1.165) is 49.9 Å². The SMILES string of the molecule is CC(C)C(NC(=O)C12CC3CC(CC(C3)C1)C2)C(=O)NC1CCCCC1. The zero-order chi connectivity index (χ0) is 18.3. The quantitative estimate of drug-likeness (QED) is 0.783. The summed E-state index contributed by atoms with van der Waals surface area (Å²) in [5.41, 5.74) is -0.174. The zero-order valence-electron chi connectivity index (χ0n) is 16.6. The number of hydrogen-bond acceptors (Lipinski definition) is 2. The van der Waals surface area contributed by atoms with Crippen molar-refractivity contribution in [1.82, 2.24) is 10.6 Å². The fourth-order valence-electron chi connectivity index (χ4n) is 6.76. The van der Waals surface area contributed by atoms with Crippen LogP contribution in [0.3, 0.4) is 0 Å². The van der Waals surface area contributed by atoms with Crippen LogP contribution in [-0.2, 0) is 9.59 Å². The second-order valence-corrected chi connectivity index (χ2v) is 10.2. The predicted octanol–water partition coefficient (Wildman–Crippen LogP) is 3.79. The summed E-state index contributed by atoms with van der Waals surface area (Å²) in [6.07, 6.45) is 13.0. The average Bonchev–Trinajstić information content (AvgIpc) is 2.58. The molecular weight excluding hydrogens is 324 g/mol.